The van der Waals surface area contributed by atoms with Crippen LogP contribution in [0.3, 0.4) is 0 Å². The third-order valence-electron chi connectivity index (χ3n) is 3.43. The molecule has 0 spiro atoms. The zero-order valence-electron chi connectivity index (χ0n) is 9.87. The van der Waals surface area contributed by atoms with Crippen LogP contribution < -0.4 is 10.6 Å². The maximum Gasteiger partial charge on any atom is 0.317 e. The molecule has 0 aromatic carbocycles. The number of rotatable bonds is 1. The van der Waals surface area contributed by atoms with Gasteiger partial charge in [-0.15, -0.1) is 0 Å². The molecular formula is C11H21N3O2. The molecule has 0 radical (unpaired) electrons. The van der Waals surface area contributed by atoms with Crippen LogP contribution in [-0.2, 0) is 4.74 Å². The summed E-state index contributed by atoms with van der Waals surface area (Å²) in [5.74, 6) is 0.561. The lowest BCUT2D eigenvalue weighted by Gasteiger charge is -2.34. The van der Waals surface area contributed by atoms with E-state index in [-0.39, 0.29) is 12.1 Å². The molecule has 2 aliphatic heterocycles. The van der Waals surface area contributed by atoms with E-state index < -0.39 is 0 Å². The summed E-state index contributed by atoms with van der Waals surface area (Å²) >= 11 is 0. The molecule has 2 unspecified atom stereocenters. The lowest BCUT2D eigenvalue weighted by Crippen LogP contribution is -2.55. The van der Waals surface area contributed by atoms with Crippen molar-refractivity contribution < 1.29 is 9.53 Å². The third-order valence-corrected chi connectivity index (χ3v) is 3.43. The minimum absolute atomic E-state index is 0.0591. The molecule has 0 aromatic rings. The molecule has 16 heavy (non-hydrogen) atoms. The van der Waals surface area contributed by atoms with Crippen LogP contribution in [0.5, 0.6) is 0 Å². The van der Waals surface area contributed by atoms with Crippen molar-refractivity contribution in [1.82, 2.24) is 15.5 Å². The van der Waals surface area contributed by atoms with Crippen molar-refractivity contribution >= 4 is 6.03 Å². The van der Waals surface area contributed by atoms with E-state index in [0.717, 1.165) is 19.5 Å². The van der Waals surface area contributed by atoms with Crippen molar-refractivity contribution in [3.05, 3.63) is 0 Å². The number of piperidine rings is 1. The van der Waals surface area contributed by atoms with E-state index in [2.05, 4.69) is 17.6 Å². The van der Waals surface area contributed by atoms with Crippen LogP contribution in [0.25, 0.3) is 0 Å². The smallest absolute Gasteiger partial charge is 0.317 e. The monoisotopic (exact) mass is 227 g/mol. The number of amides is 2. The Hall–Kier alpha value is -0.810. The second kappa shape index (κ2) is 5.50. The lowest BCUT2D eigenvalue weighted by atomic mass is 9.95. The molecule has 5 nitrogen and oxygen atoms in total. The van der Waals surface area contributed by atoms with Crippen LogP contribution >= 0.6 is 0 Å². The standard InChI is InChI=1S/C11H21N3O2/c1-9-2-3-12-8-10(9)13-11(15)14-4-6-16-7-5-14/h9-10,12H,2-8H2,1H3,(H,13,15). The Morgan fingerprint density at radius 2 is 2.19 bits per heavy atom. The van der Waals surface area contributed by atoms with Crippen LogP contribution in [0, 0.1) is 5.92 Å². The van der Waals surface area contributed by atoms with Gasteiger partial charge in [0.15, 0.2) is 0 Å². The van der Waals surface area contributed by atoms with Crippen LogP contribution in [0.2, 0.25) is 0 Å². The molecule has 2 rings (SSSR count). The largest absolute Gasteiger partial charge is 0.378 e. The fourth-order valence-electron chi connectivity index (χ4n) is 2.20. The summed E-state index contributed by atoms with van der Waals surface area (Å²) in [6.45, 7) is 6.88. The minimum Gasteiger partial charge on any atom is -0.378 e. The number of morpholine rings is 1. The van der Waals surface area contributed by atoms with Gasteiger partial charge < -0.3 is 20.3 Å². The van der Waals surface area contributed by atoms with Crippen LogP contribution in [-0.4, -0.2) is 56.4 Å². The Kier molecular flexibility index (Phi) is 4.01. The summed E-state index contributed by atoms with van der Waals surface area (Å²) in [4.78, 5) is 13.8. The van der Waals surface area contributed by atoms with Gasteiger partial charge in [0, 0.05) is 25.7 Å². The second-order valence-corrected chi connectivity index (χ2v) is 4.63. The fraction of sp³-hybridized carbons (Fsp3) is 0.909. The Labute approximate surface area is 96.5 Å². The molecule has 2 atom stereocenters. The summed E-state index contributed by atoms with van der Waals surface area (Å²) in [5.41, 5.74) is 0. The number of ether oxygens (including phenoxy) is 1. The topological polar surface area (TPSA) is 53.6 Å². The van der Waals surface area contributed by atoms with Crippen molar-refractivity contribution in [3.8, 4) is 0 Å². The number of carbonyl (C=O) groups excluding carboxylic acids is 1. The predicted molar refractivity (Wildman–Crippen MR) is 61.4 cm³/mol. The molecule has 2 saturated heterocycles. The van der Waals surface area contributed by atoms with Gasteiger partial charge in [0.05, 0.1) is 13.2 Å². The number of hydrogen-bond acceptors (Lipinski definition) is 3. The molecule has 0 bridgehead atoms. The average molecular weight is 227 g/mol. The van der Waals surface area contributed by atoms with Crippen molar-refractivity contribution in [2.45, 2.75) is 19.4 Å². The highest BCUT2D eigenvalue weighted by Gasteiger charge is 2.25. The van der Waals surface area contributed by atoms with Gasteiger partial charge in [0.1, 0.15) is 0 Å². The van der Waals surface area contributed by atoms with Gasteiger partial charge in [-0.3, -0.25) is 0 Å². The number of hydrogen-bond donors (Lipinski definition) is 2. The summed E-state index contributed by atoms with van der Waals surface area (Å²) < 4.78 is 5.23. The van der Waals surface area contributed by atoms with E-state index in [1.54, 1.807) is 0 Å². The lowest BCUT2D eigenvalue weighted by molar-refractivity contribution is 0.0517. The second-order valence-electron chi connectivity index (χ2n) is 4.63. The predicted octanol–water partition coefficient (Wildman–Crippen LogP) is 0.0262. The number of nitrogens with one attached hydrogen (secondary N) is 2. The van der Waals surface area contributed by atoms with Crippen molar-refractivity contribution in [2.24, 2.45) is 5.92 Å². The number of nitrogens with zero attached hydrogens (tertiary/aromatic N) is 1. The van der Waals surface area contributed by atoms with E-state index in [4.69, 9.17) is 4.74 Å². The van der Waals surface area contributed by atoms with E-state index in [9.17, 15) is 4.79 Å². The fourth-order valence-corrected chi connectivity index (χ4v) is 2.20. The molecule has 2 heterocycles. The number of urea groups is 1. The number of carbonyl (C=O) groups is 1. The summed E-state index contributed by atoms with van der Waals surface area (Å²) in [6.07, 6.45) is 1.13. The maximum atomic E-state index is 11.9. The van der Waals surface area contributed by atoms with E-state index >= 15 is 0 Å². The molecule has 0 saturated carbocycles. The van der Waals surface area contributed by atoms with Crippen molar-refractivity contribution in [2.75, 3.05) is 39.4 Å². The maximum absolute atomic E-state index is 11.9. The zero-order chi connectivity index (χ0) is 11.4. The first kappa shape index (κ1) is 11.7. The first-order valence-electron chi connectivity index (χ1n) is 6.11. The first-order valence-corrected chi connectivity index (χ1v) is 6.11. The van der Waals surface area contributed by atoms with E-state index in [1.807, 2.05) is 4.90 Å². The molecule has 2 aliphatic rings. The Morgan fingerprint density at radius 3 is 2.88 bits per heavy atom. The van der Waals surface area contributed by atoms with E-state index in [0.29, 0.717) is 32.2 Å². The molecule has 0 aliphatic carbocycles. The SMILES string of the molecule is CC1CCNCC1NC(=O)N1CCOCC1. The molecule has 2 amide bonds. The molecule has 5 heteroatoms. The molecular weight excluding hydrogens is 206 g/mol. The van der Waals surface area contributed by atoms with Gasteiger partial charge in [0.25, 0.3) is 0 Å². The summed E-state index contributed by atoms with van der Waals surface area (Å²) in [6, 6.07) is 0.327. The van der Waals surface area contributed by atoms with Crippen LogP contribution in [0.1, 0.15) is 13.3 Å². The quantitative estimate of drug-likeness (QED) is 0.664. The van der Waals surface area contributed by atoms with Gasteiger partial charge in [-0.25, -0.2) is 4.79 Å². The van der Waals surface area contributed by atoms with Crippen LogP contribution in [0.15, 0.2) is 0 Å². The van der Waals surface area contributed by atoms with Gasteiger partial charge in [0.2, 0.25) is 0 Å². The molecule has 0 aromatic heterocycles. The van der Waals surface area contributed by atoms with Gasteiger partial charge in [-0.2, -0.15) is 0 Å². The first-order chi connectivity index (χ1) is 7.77. The molecule has 2 fully saturated rings. The van der Waals surface area contributed by atoms with Gasteiger partial charge >= 0.3 is 6.03 Å². The minimum atomic E-state index is 0.0591. The summed E-state index contributed by atoms with van der Waals surface area (Å²) in [5, 5.41) is 6.42. The molecule has 2 N–H and O–H groups in total. The van der Waals surface area contributed by atoms with Crippen molar-refractivity contribution in [1.29, 1.82) is 0 Å². The molecule has 92 valence electrons. The highest BCUT2D eigenvalue weighted by molar-refractivity contribution is 5.74. The van der Waals surface area contributed by atoms with Gasteiger partial charge in [-0.1, -0.05) is 6.92 Å². The average Bonchev–Trinajstić information content (AvgIpc) is 2.33. The Bertz CT molecular complexity index is 241. The Balaban J connectivity index is 1.80. The highest BCUT2D eigenvalue weighted by Crippen LogP contribution is 2.11. The third kappa shape index (κ3) is 2.86. The normalized spacial score (nSPS) is 31.2. The van der Waals surface area contributed by atoms with E-state index in [1.165, 1.54) is 0 Å². The Morgan fingerprint density at radius 1 is 1.44 bits per heavy atom. The van der Waals surface area contributed by atoms with Crippen LogP contribution in [0.4, 0.5) is 4.79 Å². The summed E-state index contributed by atoms with van der Waals surface area (Å²) in [7, 11) is 0. The van der Waals surface area contributed by atoms with Gasteiger partial charge in [-0.05, 0) is 18.9 Å². The zero-order valence-corrected chi connectivity index (χ0v) is 9.87. The highest BCUT2D eigenvalue weighted by atomic mass is 16.5. The van der Waals surface area contributed by atoms with Crippen molar-refractivity contribution in [3.63, 3.8) is 0 Å².